The van der Waals surface area contributed by atoms with Gasteiger partial charge in [0.2, 0.25) is 5.91 Å². The lowest BCUT2D eigenvalue weighted by Crippen LogP contribution is -2.50. The number of piperidine rings is 1. The first-order valence-corrected chi connectivity index (χ1v) is 15.8. The number of likely N-dealkylation sites (tertiary alicyclic amines) is 1. The van der Waals surface area contributed by atoms with Crippen molar-refractivity contribution in [1.82, 2.24) is 19.7 Å². The van der Waals surface area contributed by atoms with Gasteiger partial charge in [0.15, 0.2) is 5.89 Å². The van der Waals surface area contributed by atoms with Crippen molar-refractivity contribution >= 4 is 17.8 Å². The van der Waals surface area contributed by atoms with Crippen molar-refractivity contribution in [3.8, 4) is 11.3 Å². The first-order valence-electron chi connectivity index (χ1n) is 15.8. The van der Waals surface area contributed by atoms with Crippen LogP contribution in [0.5, 0.6) is 0 Å². The van der Waals surface area contributed by atoms with Gasteiger partial charge in [0, 0.05) is 58.1 Å². The minimum absolute atomic E-state index is 0.240. The molecule has 0 saturated carbocycles. The summed E-state index contributed by atoms with van der Waals surface area (Å²) in [5.74, 6) is -2.93. The van der Waals surface area contributed by atoms with Gasteiger partial charge in [0.25, 0.3) is 0 Å². The number of piperazine rings is 1. The van der Waals surface area contributed by atoms with Gasteiger partial charge in [-0.2, -0.15) is 26.3 Å². The monoisotopic (exact) mass is 692 g/mol. The maximum absolute atomic E-state index is 13.0. The molecule has 0 atom stereocenters. The van der Waals surface area contributed by atoms with E-state index < -0.39 is 24.3 Å². The Morgan fingerprint density at radius 3 is 1.96 bits per heavy atom. The summed E-state index contributed by atoms with van der Waals surface area (Å²) in [6, 6.07) is 6.73. The topological polar surface area (TPSA) is 127 Å². The number of aryl methyl sites for hydroxylation is 4. The molecule has 2 aliphatic heterocycles. The SMILES string of the molecule is Cc1nc(-c2ccc3c(c2)CCCC3)c(CCC(=O)N2CCN(CC3CCN(C)CC3)CC2)o1.O=C(O)C(F)(F)F.O=C(O)C(F)(F)F. The van der Waals surface area contributed by atoms with Crippen LogP contribution >= 0.6 is 0 Å². The number of alkyl halides is 6. The van der Waals surface area contributed by atoms with Crippen molar-refractivity contribution in [2.24, 2.45) is 5.92 Å². The Morgan fingerprint density at radius 1 is 0.875 bits per heavy atom. The molecule has 0 unspecified atom stereocenters. The second-order valence-electron chi connectivity index (χ2n) is 12.2. The summed E-state index contributed by atoms with van der Waals surface area (Å²) in [4.78, 5) is 42.5. The second kappa shape index (κ2) is 17.1. The molecular formula is C32H42F6N4O6. The van der Waals surface area contributed by atoms with E-state index in [2.05, 4.69) is 40.0 Å². The molecule has 1 aromatic heterocycles. The molecule has 3 heterocycles. The lowest BCUT2D eigenvalue weighted by Gasteiger charge is -2.38. The van der Waals surface area contributed by atoms with Crippen LogP contribution in [-0.4, -0.2) is 113 Å². The van der Waals surface area contributed by atoms with Crippen LogP contribution in [0.3, 0.4) is 0 Å². The van der Waals surface area contributed by atoms with E-state index in [-0.39, 0.29) is 5.91 Å². The number of amides is 1. The molecule has 48 heavy (non-hydrogen) atoms. The number of carboxylic acids is 2. The van der Waals surface area contributed by atoms with Gasteiger partial charge in [0.05, 0.1) is 0 Å². The molecule has 1 aromatic carbocycles. The van der Waals surface area contributed by atoms with Crippen LogP contribution in [-0.2, 0) is 33.6 Å². The highest BCUT2D eigenvalue weighted by atomic mass is 19.4. The normalized spacial score (nSPS) is 17.8. The maximum atomic E-state index is 13.0. The molecule has 0 spiro atoms. The molecule has 2 saturated heterocycles. The number of fused-ring (bicyclic) bond motifs is 1. The second-order valence-corrected chi connectivity index (χ2v) is 12.2. The molecule has 1 aliphatic carbocycles. The van der Waals surface area contributed by atoms with E-state index in [0.717, 1.165) is 55.5 Å². The summed E-state index contributed by atoms with van der Waals surface area (Å²) in [5, 5.41) is 14.2. The Balaban J connectivity index is 0.000000376. The van der Waals surface area contributed by atoms with E-state index in [1.807, 2.05) is 11.8 Å². The van der Waals surface area contributed by atoms with Gasteiger partial charge < -0.3 is 24.4 Å². The smallest absolute Gasteiger partial charge is 0.475 e. The average Bonchev–Trinajstić information content (AvgIpc) is 3.41. The van der Waals surface area contributed by atoms with E-state index in [9.17, 15) is 31.1 Å². The highest BCUT2D eigenvalue weighted by Gasteiger charge is 2.39. The van der Waals surface area contributed by atoms with Crippen LogP contribution in [0, 0.1) is 12.8 Å². The Hall–Kier alpha value is -3.66. The van der Waals surface area contributed by atoms with E-state index in [1.54, 1.807) is 0 Å². The molecule has 16 heteroatoms. The quantitative estimate of drug-likeness (QED) is 0.392. The number of aliphatic carboxylic acids is 2. The molecule has 2 fully saturated rings. The van der Waals surface area contributed by atoms with Crippen molar-refractivity contribution in [2.45, 2.75) is 70.6 Å². The van der Waals surface area contributed by atoms with E-state index >= 15 is 0 Å². The van der Waals surface area contributed by atoms with Crippen LogP contribution < -0.4 is 0 Å². The maximum Gasteiger partial charge on any atom is 0.490 e. The summed E-state index contributed by atoms with van der Waals surface area (Å²) in [6.07, 6.45) is -1.57. The molecule has 2 N–H and O–H groups in total. The number of aromatic nitrogens is 1. The van der Waals surface area contributed by atoms with Crippen molar-refractivity contribution in [2.75, 3.05) is 52.9 Å². The lowest BCUT2D eigenvalue weighted by molar-refractivity contribution is -0.193. The molecule has 0 radical (unpaired) electrons. The predicted octanol–water partition coefficient (Wildman–Crippen LogP) is 5.21. The van der Waals surface area contributed by atoms with Gasteiger partial charge in [-0.15, -0.1) is 0 Å². The van der Waals surface area contributed by atoms with Crippen LogP contribution in [0.2, 0.25) is 0 Å². The average molecular weight is 693 g/mol. The zero-order valence-corrected chi connectivity index (χ0v) is 27.0. The predicted molar refractivity (Wildman–Crippen MR) is 162 cm³/mol. The molecule has 1 amide bonds. The number of halogens is 6. The van der Waals surface area contributed by atoms with Crippen molar-refractivity contribution < 1.29 is 55.4 Å². The largest absolute Gasteiger partial charge is 0.490 e. The summed E-state index contributed by atoms with van der Waals surface area (Å²) in [6.45, 7) is 9.22. The van der Waals surface area contributed by atoms with Gasteiger partial charge >= 0.3 is 24.3 Å². The number of benzene rings is 1. The Bertz CT molecular complexity index is 1360. The van der Waals surface area contributed by atoms with Crippen LogP contribution in [0.1, 0.15) is 54.9 Å². The van der Waals surface area contributed by atoms with E-state index in [4.69, 9.17) is 24.2 Å². The molecule has 3 aliphatic rings. The summed E-state index contributed by atoms with van der Waals surface area (Å²) < 4.78 is 69.4. The van der Waals surface area contributed by atoms with Crippen LogP contribution in [0.25, 0.3) is 11.3 Å². The van der Waals surface area contributed by atoms with Gasteiger partial charge in [-0.1, -0.05) is 12.1 Å². The van der Waals surface area contributed by atoms with Crippen molar-refractivity contribution in [1.29, 1.82) is 0 Å². The number of hydrogen-bond acceptors (Lipinski definition) is 7. The zero-order valence-electron chi connectivity index (χ0n) is 27.0. The van der Waals surface area contributed by atoms with Crippen molar-refractivity contribution in [3.63, 3.8) is 0 Å². The Kier molecular flexibility index (Phi) is 13.8. The van der Waals surface area contributed by atoms with E-state index in [1.165, 1.54) is 62.9 Å². The molecule has 5 rings (SSSR count). The standard InChI is InChI=1S/C28H40N4O2.2C2HF3O2/c1-21-29-28(25-8-7-23-5-3-4-6-24(23)19-25)26(34-21)9-10-27(33)32-17-15-31(16-18-32)20-22-11-13-30(2)14-12-22;2*3-2(4,5)1(6)7/h7-8,19,22H,3-6,9-18,20H2,1-2H3;2*(H,6,7). The molecule has 2 aromatic rings. The van der Waals surface area contributed by atoms with Crippen LogP contribution in [0.4, 0.5) is 26.3 Å². The van der Waals surface area contributed by atoms with Gasteiger partial charge in [0.1, 0.15) is 11.5 Å². The van der Waals surface area contributed by atoms with Crippen molar-refractivity contribution in [3.05, 3.63) is 41.0 Å². The number of rotatable bonds is 6. The molecule has 268 valence electrons. The van der Waals surface area contributed by atoms with Gasteiger partial charge in [-0.3, -0.25) is 9.69 Å². The Morgan fingerprint density at radius 2 is 1.42 bits per heavy atom. The summed E-state index contributed by atoms with van der Waals surface area (Å²) >= 11 is 0. The van der Waals surface area contributed by atoms with Gasteiger partial charge in [-0.05, 0) is 81.8 Å². The zero-order chi connectivity index (χ0) is 35.6. The molecular weight excluding hydrogens is 650 g/mol. The van der Waals surface area contributed by atoms with E-state index in [0.29, 0.717) is 18.7 Å². The number of carbonyl (C=O) groups is 3. The highest BCUT2D eigenvalue weighted by molar-refractivity contribution is 5.77. The number of oxazole rings is 1. The minimum Gasteiger partial charge on any atom is -0.475 e. The van der Waals surface area contributed by atoms with Gasteiger partial charge in [-0.25, -0.2) is 14.6 Å². The third kappa shape index (κ3) is 12.1. The third-order valence-electron chi connectivity index (χ3n) is 8.56. The molecule has 10 nitrogen and oxygen atoms in total. The highest BCUT2D eigenvalue weighted by Crippen LogP contribution is 2.30. The first kappa shape index (κ1) is 38.8. The lowest BCUT2D eigenvalue weighted by atomic mass is 9.89. The molecule has 0 bridgehead atoms. The number of carboxylic acid groups (broad SMARTS) is 2. The Labute approximate surface area is 274 Å². The van der Waals surface area contributed by atoms with Crippen LogP contribution in [0.15, 0.2) is 22.6 Å². The fourth-order valence-corrected chi connectivity index (χ4v) is 5.91. The fraction of sp³-hybridized carbons (Fsp3) is 0.625. The first-order chi connectivity index (χ1) is 22.4. The number of hydrogen-bond donors (Lipinski definition) is 2. The number of carbonyl (C=O) groups excluding carboxylic acids is 1. The minimum atomic E-state index is -5.08. The summed E-state index contributed by atoms with van der Waals surface area (Å²) in [7, 11) is 2.22. The number of nitrogens with zero attached hydrogens (tertiary/aromatic N) is 4. The third-order valence-corrected chi connectivity index (χ3v) is 8.56. The summed E-state index contributed by atoms with van der Waals surface area (Å²) in [5.41, 5.74) is 4.97. The fourth-order valence-electron chi connectivity index (χ4n) is 5.91.